The number of carbonyl (C=O) groups is 17. The molecule has 112 heavy (non-hydrogen) atoms. The van der Waals surface area contributed by atoms with Crippen LogP contribution in [-0.4, -0.2) is 279 Å². The SMILES string of the molecule is CC[C@H](C)C[C@H](C)[C@@H](O)[C@@H](C)C(=O)N[C@H](CNC(C)=O)C(=O)N[C@@H]([C@H](O)[C@@H](O)C(=O)N[C@H](C(=O)N[C@H]1C(=O)N[C@H]([C@@H](C)O)C(=O)N[C@H](CCCN)C(=O)N[C@@H](CC(C)C)C(=O)N(C)[C@@H](CCC(N)=O)C(=O)N[C@H]([C@@H](OC)C(N)=O)C(=O)N[C@H](CC(N)=O)C(=O)N(C)[C@@H](CC(C)C)C(=O)O[C@@H]1C)[C@H](C)[C@@H](C)C(N)=O)C(C)(C)O. The Kier molecular flexibility index (Phi) is 41.9. The average molecular weight is 1600 g/mol. The first-order valence-corrected chi connectivity index (χ1v) is 37.3. The summed E-state index contributed by atoms with van der Waals surface area (Å²) >= 11 is 0. The van der Waals surface area contributed by atoms with E-state index in [2.05, 4.69) is 53.2 Å². The molecule has 1 rings (SSSR count). The number of hydrogen-bond donors (Lipinski definition) is 20. The van der Waals surface area contributed by atoms with Gasteiger partial charge in [0.15, 0.2) is 12.2 Å². The number of aliphatic hydroxyl groups is 5. The molecule has 41 heteroatoms. The molecule has 0 bridgehead atoms. The second-order valence-electron chi connectivity index (χ2n) is 30.5. The standard InChI is InChI=1S/C71H125N17O24/c1-19-32(6)27-33(7)52(93)36(10)59(98)81-43(29-77-39(13)90)61(100)86-56(71(14,15)110)53(94)54(95)67(106)82-48(34(8)35(9)57(75)96)63(102)84-50-38(12)112-70(109)45(26-31(4)5)88(17)69(108)42(28-47(74)92)80-66(105)51(55(111-18)58(76)97)85-62(101)44(22-23-46(73)91)87(16)68(107)41(25-30(2)3)79-60(99)40(21-20-24-72)78-64(103)49(37(11)89)83-65(50)104/h30-38,40-45,48-56,89,93-95,110H,19-29,72H2,1-18H3,(H2,73,91)(H2,74,92)(H2,75,96)(H2,76,97)(H,77,90)(H,78,103)(H,79,99)(H,80,105)(H,81,98)(H,82,106)(H,83,104)(H,84,102)(H,85,101)(H,86,100)/t32-,33-,34+,35+,36+,37+,38+,40+,41-,42+,43+,44-,45-,48-,49+,50+,51+,52+,53+,54+,55+,56-/m0/s1. The van der Waals surface area contributed by atoms with Gasteiger partial charge in [-0.3, -0.25) is 76.7 Å². The van der Waals surface area contributed by atoms with E-state index >= 15 is 9.59 Å². The van der Waals surface area contributed by atoms with Crippen LogP contribution in [0, 0.1) is 41.4 Å². The highest BCUT2D eigenvalue weighted by Gasteiger charge is 2.48. The Morgan fingerprint density at radius 1 is 0.616 bits per heavy atom. The maximum atomic E-state index is 15.2. The first-order chi connectivity index (χ1) is 51.7. The minimum atomic E-state index is -2.79. The highest BCUT2D eigenvalue weighted by atomic mass is 16.5. The van der Waals surface area contributed by atoms with Crippen molar-refractivity contribution in [1.29, 1.82) is 0 Å². The van der Waals surface area contributed by atoms with E-state index in [1.54, 1.807) is 34.6 Å². The molecule has 0 saturated carbocycles. The molecule has 22 atom stereocenters. The minimum Gasteiger partial charge on any atom is -0.458 e. The summed E-state index contributed by atoms with van der Waals surface area (Å²) in [6.45, 7) is 20.3. The third kappa shape index (κ3) is 31.4. The number of cyclic esters (lactones) is 1. The van der Waals surface area contributed by atoms with Gasteiger partial charge in [0.25, 0.3) is 5.91 Å². The molecule has 1 aliphatic rings. The van der Waals surface area contributed by atoms with Crippen molar-refractivity contribution >= 4 is 100 Å². The van der Waals surface area contributed by atoms with Crippen molar-refractivity contribution in [2.24, 2.45) is 70.1 Å². The van der Waals surface area contributed by atoms with Crippen LogP contribution in [0.2, 0.25) is 0 Å². The van der Waals surface area contributed by atoms with Gasteiger partial charge in [-0.05, 0) is 102 Å². The van der Waals surface area contributed by atoms with Crippen molar-refractivity contribution in [2.45, 2.75) is 270 Å². The number of nitrogens with one attached hydrogen (secondary N) is 10. The molecular weight excluding hydrogens is 1470 g/mol. The number of aliphatic hydroxyl groups excluding tert-OH is 4. The van der Waals surface area contributed by atoms with Crippen LogP contribution in [0.25, 0.3) is 0 Å². The van der Waals surface area contributed by atoms with Gasteiger partial charge in [0.1, 0.15) is 72.6 Å². The number of esters is 1. The lowest BCUT2D eigenvalue weighted by Gasteiger charge is -2.37. The number of rotatable bonds is 37. The summed E-state index contributed by atoms with van der Waals surface area (Å²) in [5, 5.41) is 80.9. The fourth-order valence-corrected chi connectivity index (χ4v) is 12.3. The van der Waals surface area contributed by atoms with E-state index in [0.717, 1.165) is 67.1 Å². The fraction of sp³-hybridized carbons (Fsp3) is 0.761. The first kappa shape index (κ1) is 101. The Morgan fingerprint density at radius 2 is 1.15 bits per heavy atom. The maximum absolute atomic E-state index is 15.2. The lowest BCUT2D eigenvalue weighted by atomic mass is 9.85. The highest BCUT2D eigenvalue weighted by molar-refractivity contribution is 6.02. The zero-order valence-corrected chi connectivity index (χ0v) is 67.4. The lowest BCUT2D eigenvalue weighted by molar-refractivity contribution is -0.162. The summed E-state index contributed by atoms with van der Waals surface area (Å²) in [6, 6.07) is -21.9. The summed E-state index contributed by atoms with van der Waals surface area (Å²) < 4.78 is 11.1. The van der Waals surface area contributed by atoms with Crippen LogP contribution in [0.3, 0.4) is 0 Å². The van der Waals surface area contributed by atoms with Crippen molar-refractivity contribution in [3.05, 3.63) is 0 Å². The van der Waals surface area contributed by atoms with Crippen molar-refractivity contribution in [2.75, 3.05) is 34.3 Å². The van der Waals surface area contributed by atoms with Crippen molar-refractivity contribution in [1.82, 2.24) is 63.0 Å². The van der Waals surface area contributed by atoms with E-state index in [9.17, 15) is 97.5 Å². The number of nitrogens with zero attached hydrogens (tertiary/aromatic N) is 2. The van der Waals surface area contributed by atoms with E-state index in [0.29, 0.717) is 11.3 Å². The molecule has 1 aliphatic heterocycles. The molecule has 41 nitrogen and oxygen atoms in total. The van der Waals surface area contributed by atoms with Crippen LogP contribution in [0.4, 0.5) is 0 Å². The van der Waals surface area contributed by atoms with Gasteiger partial charge in [-0.25, -0.2) is 4.79 Å². The van der Waals surface area contributed by atoms with Gasteiger partial charge >= 0.3 is 5.97 Å². The molecule has 0 radical (unpaired) electrons. The molecule has 638 valence electrons. The van der Waals surface area contributed by atoms with E-state index in [1.165, 1.54) is 20.8 Å². The van der Waals surface area contributed by atoms with E-state index in [-0.39, 0.29) is 38.1 Å². The fourth-order valence-electron chi connectivity index (χ4n) is 12.3. The number of ether oxygens (including phenoxy) is 2. The zero-order valence-electron chi connectivity index (χ0n) is 67.4. The normalized spacial score (nSPS) is 24.0. The van der Waals surface area contributed by atoms with Gasteiger partial charge in [-0.2, -0.15) is 0 Å². The third-order valence-electron chi connectivity index (χ3n) is 19.6. The van der Waals surface area contributed by atoms with Gasteiger partial charge in [0.2, 0.25) is 88.6 Å². The average Bonchev–Trinajstić information content (AvgIpc) is 0.865. The quantitative estimate of drug-likeness (QED) is 0.0257. The maximum Gasteiger partial charge on any atom is 0.329 e. The van der Waals surface area contributed by atoms with Gasteiger partial charge in [0.05, 0.1) is 36.2 Å². The van der Waals surface area contributed by atoms with E-state index in [4.69, 9.17) is 38.1 Å². The molecule has 1 heterocycles. The summed E-state index contributed by atoms with van der Waals surface area (Å²) in [7, 11) is 2.98. The summed E-state index contributed by atoms with van der Waals surface area (Å²) in [4.78, 5) is 241. The highest BCUT2D eigenvalue weighted by Crippen LogP contribution is 2.25. The molecule has 1 saturated heterocycles. The Labute approximate surface area is 652 Å². The van der Waals surface area contributed by atoms with Crippen LogP contribution in [0.5, 0.6) is 0 Å². The monoisotopic (exact) mass is 1600 g/mol. The second kappa shape index (κ2) is 46.6. The van der Waals surface area contributed by atoms with Gasteiger partial charge in [-0.15, -0.1) is 0 Å². The molecule has 0 aromatic rings. The number of primary amides is 4. The Hall–Kier alpha value is -9.29. The topological polar surface area (TPSA) is 667 Å². The van der Waals surface area contributed by atoms with Crippen LogP contribution in [0.15, 0.2) is 0 Å². The van der Waals surface area contributed by atoms with E-state index in [1.807, 2.05) is 13.8 Å². The zero-order chi connectivity index (χ0) is 86.6. The molecule has 0 aromatic carbocycles. The van der Waals surface area contributed by atoms with Crippen LogP contribution < -0.4 is 81.8 Å². The molecule has 0 aromatic heterocycles. The summed E-state index contributed by atoms with van der Waals surface area (Å²) in [5.41, 5.74) is 26.0. The molecule has 25 N–H and O–H groups in total. The second-order valence-corrected chi connectivity index (χ2v) is 30.5. The largest absolute Gasteiger partial charge is 0.458 e. The Balaban J connectivity index is 4.54. The molecule has 0 aliphatic carbocycles. The number of amides is 16. The van der Waals surface area contributed by atoms with Crippen LogP contribution in [-0.2, 0) is 91.0 Å². The molecular formula is C71H125N17O24. The number of hydrogen-bond acceptors (Lipinski definition) is 25. The molecule has 0 unspecified atom stereocenters. The first-order valence-electron chi connectivity index (χ1n) is 37.3. The summed E-state index contributed by atoms with van der Waals surface area (Å²) in [5.74, 6) is -26.5. The molecule has 0 spiro atoms. The summed E-state index contributed by atoms with van der Waals surface area (Å²) in [6.07, 6.45) is -14.6. The Bertz CT molecular complexity index is 3280. The number of likely N-dealkylation sites (N-methyl/N-ethyl adjacent to an activating group) is 2. The number of carbonyl (C=O) groups excluding carboxylic acids is 17. The number of methoxy groups -OCH3 is 1. The number of nitrogens with two attached hydrogens (primary N) is 5. The predicted octanol–water partition coefficient (Wildman–Crippen LogP) is -7.74. The predicted molar refractivity (Wildman–Crippen MR) is 400 cm³/mol. The van der Waals surface area contributed by atoms with E-state index < -0.39 is 270 Å². The smallest absolute Gasteiger partial charge is 0.329 e. The van der Waals surface area contributed by atoms with Crippen LogP contribution >= 0.6 is 0 Å². The van der Waals surface area contributed by atoms with Crippen molar-refractivity contribution in [3.63, 3.8) is 0 Å². The molecule has 1 fully saturated rings. The lowest BCUT2D eigenvalue weighted by Crippen LogP contribution is -2.66. The molecule has 16 amide bonds. The third-order valence-corrected chi connectivity index (χ3v) is 19.6. The van der Waals surface area contributed by atoms with Gasteiger partial charge in [0, 0.05) is 47.0 Å². The van der Waals surface area contributed by atoms with Crippen molar-refractivity contribution in [3.8, 4) is 0 Å². The van der Waals surface area contributed by atoms with Crippen molar-refractivity contribution < 1.29 is 117 Å². The minimum absolute atomic E-state index is 0.0199. The van der Waals surface area contributed by atoms with Crippen LogP contribution in [0.1, 0.15) is 162 Å². The Morgan fingerprint density at radius 3 is 1.64 bits per heavy atom. The van der Waals surface area contributed by atoms with Gasteiger partial charge < -0.3 is 127 Å². The van der Waals surface area contributed by atoms with Gasteiger partial charge in [-0.1, -0.05) is 75.7 Å².